The van der Waals surface area contributed by atoms with Gasteiger partial charge in [0.1, 0.15) is 0 Å². The SMILES string of the molecule is N#Cc1ccc2ccn(Cc3cncs3)c2c1. The number of hydrogen-bond acceptors (Lipinski definition) is 3. The van der Waals surface area contributed by atoms with Crippen LogP contribution in [-0.2, 0) is 6.54 Å². The van der Waals surface area contributed by atoms with Crippen molar-refractivity contribution >= 4 is 22.2 Å². The van der Waals surface area contributed by atoms with Gasteiger partial charge >= 0.3 is 0 Å². The Bertz CT molecular complexity index is 689. The number of benzene rings is 1. The molecule has 0 fully saturated rings. The third-order valence-corrected chi connectivity index (χ3v) is 3.48. The largest absolute Gasteiger partial charge is 0.342 e. The molecule has 82 valence electrons. The molecule has 0 amide bonds. The molecule has 0 unspecified atom stereocenters. The molecule has 0 saturated heterocycles. The Hall–Kier alpha value is -2.12. The van der Waals surface area contributed by atoms with Crippen molar-refractivity contribution in [2.75, 3.05) is 0 Å². The van der Waals surface area contributed by atoms with Gasteiger partial charge in [-0.1, -0.05) is 6.07 Å². The third-order valence-electron chi connectivity index (χ3n) is 2.71. The Balaban J connectivity index is 2.08. The lowest BCUT2D eigenvalue weighted by atomic mass is 10.2. The fraction of sp³-hybridized carbons (Fsp3) is 0.0769. The summed E-state index contributed by atoms with van der Waals surface area (Å²) in [6, 6.07) is 10.00. The molecule has 3 aromatic rings. The summed E-state index contributed by atoms with van der Waals surface area (Å²) in [5.74, 6) is 0. The number of hydrogen-bond donors (Lipinski definition) is 0. The van der Waals surface area contributed by atoms with E-state index in [2.05, 4.69) is 21.7 Å². The van der Waals surface area contributed by atoms with E-state index < -0.39 is 0 Å². The Morgan fingerprint density at radius 2 is 2.29 bits per heavy atom. The first-order valence-corrected chi connectivity index (χ1v) is 6.11. The van der Waals surface area contributed by atoms with Gasteiger partial charge in [0.15, 0.2) is 0 Å². The Morgan fingerprint density at radius 3 is 3.06 bits per heavy atom. The molecule has 0 saturated carbocycles. The van der Waals surface area contributed by atoms with Crippen LogP contribution in [0.25, 0.3) is 10.9 Å². The lowest BCUT2D eigenvalue weighted by molar-refractivity contribution is 0.849. The first kappa shape index (κ1) is 10.1. The highest BCUT2D eigenvalue weighted by molar-refractivity contribution is 7.09. The van der Waals surface area contributed by atoms with Crippen LogP contribution in [-0.4, -0.2) is 9.55 Å². The fourth-order valence-corrected chi connectivity index (χ4v) is 2.47. The zero-order valence-electron chi connectivity index (χ0n) is 9.00. The van der Waals surface area contributed by atoms with Gasteiger partial charge in [0.25, 0.3) is 0 Å². The molecule has 0 radical (unpaired) electrons. The Labute approximate surface area is 103 Å². The van der Waals surface area contributed by atoms with E-state index in [9.17, 15) is 0 Å². The zero-order chi connectivity index (χ0) is 11.7. The highest BCUT2D eigenvalue weighted by Crippen LogP contribution is 2.19. The minimum Gasteiger partial charge on any atom is -0.342 e. The Morgan fingerprint density at radius 1 is 1.35 bits per heavy atom. The molecule has 0 aliphatic carbocycles. The number of rotatable bonds is 2. The van der Waals surface area contributed by atoms with Crippen LogP contribution in [0.1, 0.15) is 10.4 Å². The lowest BCUT2D eigenvalue weighted by Gasteiger charge is -2.02. The second-order valence-electron chi connectivity index (χ2n) is 3.80. The predicted octanol–water partition coefficient (Wildman–Crippen LogP) is 3.02. The molecule has 2 heterocycles. The molecule has 0 aliphatic heterocycles. The summed E-state index contributed by atoms with van der Waals surface area (Å²) >= 11 is 1.64. The van der Waals surface area contributed by atoms with Gasteiger partial charge in [0.05, 0.1) is 23.7 Å². The standard InChI is InChI=1S/C13H9N3S/c14-6-10-1-2-11-3-4-16(13(11)5-10)8-12-7-15-9-17-12/h1-5,7,9H,8H2. The van der Waals surface area contributed by atoms with E-state index in [1.54, 1.807) is 11.3 Å². The van der Waals surface area contributed by atoms with Gasteiger partial charge in [-0.2, -0.15) is 5.26 Å². The van der Waals surface area contributed by atoms with Crippen molar-refractivity contribution in [3.8, 4) is 6.07 Å². The molecular weight excluding hydrogens is 230 g/mol. The number of aromatic nitrogens is 2. The highest BCUT2D eigenvalue weighted by atomic mass is 32.1. The molecule has 17 heavy (non-hydrogen) atoms. The number of nitriles is 1. The molecule has 1 aromatic carbocycles. The van der Waals surface area contributed by atoms with Gasteiger partial charge in [-0.05, 0) is 23.6 Å². The van der Waals surface area contributed by atoms with E-state index in [1.807, 2.05) is 36.1 Å². The van der Waals surface area contributed by atoms with Crippen molar-refractivity contribution in [2.45, 2.75) is 6.54 Å². The van der Waals surface area contributed by atoms with E-state index in [4.69, 9.17) is 5.26 Å². The molecule has 4 heteroatoms. The molecule has 0 spiro atoms. The maximum atomic E-state index is 8.91. The number of thiazole rings is 1. The van der Waals surface area contributed by atoms with Crippen LogP contribution < -0.4 is 0 Å². The lowest BCUT2D eigenvalue weighted by Crippen LogP contribution is -1.95. The summed E-state index contributed by atoms with van der Waals surface area (Å²) in [7, 11) is 0. The second kappa shape index (κ2) is 4.04. The van der Waals surface area contributed by atoms with Crippen molar-refractivity contribution in [3.05, 3.63) is 52.6 Å². The first-order valence-electron chi connectivity index (χ1n) is 5.23. The van der Waals surface area contributed by atoms with Crippen LogP contribution in [0.2, 0.25) is 0 Å². The summed E-state index contributed by atoms with van der Waals surface area (Å²) in [5.41, 5.74) is 3.63. The van der Waals surface area contributed by atoms with Crippen LogP contribution in [0.4, 0.5) is 0 Å². The van der Waals surface area contributed by atoms with Crippen molar-refractivity contribution in [1.29, 1.82) is 5.26 Å². The third kappa shape index (κ3) is 1.81. The highest BCUT2D eigenvalue weighted by Gasteiger charge is 2.03. The van der Waals surface area contributed by atoms with Crippen molar-refractivity contribution in [1.82, 2.24) is 9.55 Å². The van der Waals surface area contributed by atoms with E-state index >= 15 is 0 Å². The molecule has 0 bridgehead atoms. The molecule has 0 N–H and O–H groups in total. The minimum atomic E-state index is 0.696. The summed E-state index contributed by atoms with van der Waals surface area (Å²) in [5, 5.41) is 10.1. The van der Waals surface area contributed by atoms with Crippen LogP contribution in [0, 0.1) is 11.3 Å². The molecule has 0 aliphatic rings. The van der Waals surface area contributed by atoms with Crippen molar-refractivity contribution in [3.63, 3.8) is 0 Å². The molecule has 3 nitrogen and oxygen atoms in total. The van der Waals surface area contributed by atoms with Crippen LogP contribution in [0.5, 0.6) is 0 Å². The fourth-order valence-electron chi connectivity index (χ4n) is 1.88. The number of fused-ring (bicyclic) bond motifs is 1. The summed E-state index contributed by atoms with van der Waals surface area (Å²) in [6.07, 6.45) is 3.93. The first-order chi connectivity index (χ1) is 8.36. The topological polar surface area (TPSA) is 41.6 Å². The normalized spacial score (nSPS) is 10.5. The zero-order valence-corrected chi connectivity index (χ0v) is 9.81. The minimum absolute atomic E-state index is 0.696. The predicted molar refractivity (Wildman–Crippen MR) is 67.9 cm³/mol. The van der Waals surface area contributed by atoms with E-state index in [0.29, 0.717) is 5.56 Å². The summed E-state index contributed by atoms with van der Waals surface area (Å²) in [6.45, 7) is 0.809. The van der Waals surface area contributed by atoms with Gasteiger partial charge < -0.3 is 4.57 Å². The monoisotopic (exact) mass is 239 g/mol. The van der Waals surface area contributed by atoms with Gasteiger partial charge in [0, 0.05) is 22.8 Å². The smallest absolute Gasteiger partial charge is 0.0992 e. The quantitative estimate of drug-likeness (QED) is 0.689. The van der Waals surface area contributed by atoms with Crippen molar-refractivity contribution in [2.24, 2.45) is 0 Å². The average Bonchev–Trinajstić information content (AvgIpc) is 2.99. The second-order valence-corrected chi connectivity index (χ2v) is 4.77. The van der Waals surface area contributed by atoms with E-state index in [1.165, 1.54) is 4.88 Å². The summed E-state index contributed by atoms with van der Waals surface area (Å²) < 4.78 is 2.14. The van der Waals surface area contributed by atoms with Crippen molar-refractivity contribution < 1.29 is 0 Å². The van der Waals surface area contributed by atoms with Gasteiger partial charge in [-0.3, -0.25) is 4.98 Å². The van der Waals surface area contributed by atoms with Gasteiger partial charge in [-0.15, -0.1) is 11.3 Å². The average molecular weight is 239 g/mol. The van der Waals surface area contributed by atoms with E-state index in [-0.39, 0.29) is 0 Å². The number of nitrogens with zero attached hydrogens (tertiary/aromatic N) is 3. The molecular formula is C13H9N3S. The van der Waals surface area contributed by atoms with Crippen LogP contribution in [0.15, 0.2) is 42.2 Å². The Kier molecular flexibility index (Phi) is 2.39. The van der Waals surface area contributed by atoms with Gasteiger partial charge in [0.2, 0.25) is 0 Å². The summed E-state index contributed by atoms with van der Waals surface area (Å²) in [4.78, 5) is 5.28. The van der Waals surface area contributed by atoms with E-state index in [0.717, 1.165) is 17.4 Å². The molecule has 3 rings (SSSR count). The maximum Gasteiger partial charge on any atom is 0.0992 e. The van der Waals surface area contributed by atoms with Gasteiger partial charge in [-0.25, -0.2) is 0 Å². The van der Waals surface area contributed by atoms with Crippen LogP contribution in [0.3, 0.4) is 0 Å². The van der Waals surface area contributed by atoms with Crippen LogP contribution >= 0.6 is 11.3 Å². The maximum absolute atomic E-state index is 8.91. The molecule has 0 atom stereocenters. The molecule has 2 aromatic heterocycles.